The fourth-order valence-corrected chi connectivity index (χ4v) is 5.69. The minimum atomic E-state index is -0.349. The van der Waals surface area contributed by atoms with Gasteiger partial charge in [0.05, 0.1) is 23.9 Å². The van der Waals surface area contributed by atoms with Crippen molar-refractivity contribution in [3.63, 3.8) is 0 Å². The van der Waals surface area contributed by atoms with Crippen LogP contribution in [0.4, 0.5) is 11.4 Å². The molecule has 6 rings (SSSR count). The Morgan fingerprint density at radius 2 is 1.62 bits per heavy atom. The quantitative estimate of drug-likeness (QED) is 0.455. The Morgan fingerprint density at radius 1 is 0.919 bits per heavy atom. The van der Waals surface area contributed by atoms with Gasteiger partial charge in [-0.1, -0.05) is 42.8 Å². The molecule has 8 heteroatoms. The summed E-state index contributed by atoms with van der Waals surface area (Å²) in [7, 11) is 0. The summed E-state index contributed by atoms with van der Waals surface area (Å²) in [5, 5.41) is 5.03. The monoisotopic (exact) mass is 518 g/mol. The van der Waals surface area contributed by atoms with Crippen molar-refractivity contribution in [3.05, 3.63) is 76.2 Å². The van der Waals surface area contributed by atoms with E-state index in [9.17, 15) is 9.59 Å². The largest absolute Gasteiger partial charge is 0.486 e. The minimum Gasteiger partial charge on any atom is -0.486 e. The van der Waals surface area contributed by atoms with Gasteiger partial charge in [-0.2, -0.15) is 9.78 Å². The van der Waals surface area contributed by atoms with E-state index in [0.717, 1.165) is 44.3 Å². The first kappa shape index (κ1) is 24.0. The molecular weight excluding hydrogens is 488 g/mol. The number of hydrogen-bond donors (Lipinski definition) is 0. The van der Waals surface area contributed by atoms with Crippen LogP contribution in [0.2, 0.25) is 5.02 Å². The summed E-state index contributed by atoms with van der Waals surface area (Å²) in [5.41, 5.74) is 1.74. The minimum absolute atomic E-state index is 0.122. The molecule has 37 heavy (non-hydrogen) atoms. The summed E-state index contributed by atoms with van der Waals surface area (Å²) in [4.78, 5) is 31.2. The number of rotatable bonds is 6. The third-order valence-electron chi connectivity index (χ3n) is 8.28. The van der Waals surface area contributed by atoms with Gasteiger partial charge in [0.15, 0.2) is 0 Å². The van der Waals surface area contributed by atoms with Crippen LogP contribution in [0.25, 0.3) is 5.69 Å². The van der Waals surface area contributed by atoms with Crippen LogP contribution in [0.3, 0.4) is 0 Å². The molecule has 2 aromatic carbocycles. The molecular formula is C29H31ClN4O3. The van der Waals surface area contributed by atoms with Crippen molar-refractivity contribution in [1.82, 2.24) is 9.78 Å². The van der Waals surface area contributed by atoms with Gasteiger partial charge in [0.25, 0.3) is 0 Å². The highest BCUT2D eigenvalue weighted by molar-refractivity contribution is 6.30. The molecule has 0 unspecified atom stereocenters. The molecule has 0 atom stereocenters. The highest BCUT2D eigenvalue weighted by Gasteiger charge is 2.49. The zero-order valence-corrected chi connectivity index (χ0v) is 21.8. The lowest BCUT2D eigenvalue weighted by Gasteiger charge is -2.39. The molecule has 1 aliphatic carbocycles. The maximum atomic E-state index is 13.6. The Labute approximate surface area is 221 Å². The number of para-hydroxylation sites is 1. The SMILES string of the molecule is CC1(COc2c(N3CCC4(CC3)CCN(c3ccccc3)C4=O)cnn(-c3cccc(Cl)c3)c2=O)CC1. The number of aromatic nitrogens is 2. The zero-order chi connectivity index (χ0) is 25.6. The van der Waals surface area contributed by atoms with Crippen LogP contribution in [0.15, 0.2) is 65.6 Å². The lowest BCUT2D eigenvalue weighted by molar-refractivity contribution is -0.126. The molecule has 3 aromatic rings. The number of ether oxygens (including phenoxy) is 1. The second kappa shape index (κ2) is 9.21. The first-order valence-corrected chi connectivity index (χ1v) is 13.4. The topological polar surface area (TPSA) is 67.7 Å². The van der Waals surface area contributed by atoms with Crippen LogP contribution in [0.1, 0.15) is 39.0 Å². The number of amides is 1. The zero-order valence-electron chi connectivity index (χ0n) is 21.0. The molecule has 3 aliphatic rings. The second-order valence-corrected chi connectivity index (χ2v) is 11.4. The molecule has 1 saturated carbocycles. The van der Waals surface area contributed by atoms with Crippen LogP contribution < -0.4 is 20.1 Å². The first-order chi connectivity index (χ1) is 17.9. The van der Waals surface area contributed by atoms with Crippen LogP contribution in [-0.4, -0.2) is 41.9 Å². The van der Waals surface area contributed by atoms with E-state index in [4.69, 9.17) is 16.3 Å². The average molecular weight is 519 g/mol. The van der Waals surface area contributed by atoms with E-state index in [-0.39, 0.29) is 22.3 Å². The summed E-state index contributed by atoms with van der Waals surface area (Å²) in [6.07, 6.45) is 6.25. The van der Waals surface area contributed by atoms with Crippen LogP contribution in [-0.2, 0) is 4.79 Å². The Balaban J connectivity index is 1.26. The number of anilines is 2. The van der Waals surface area contributed by atoms with E-state index in [2.05, 4.69) is 16.9 Å². The summed E-state index contributed by atoms with van der Waals surface area (Å²) in [6, 6.07) is 17.0. The number of carbonyl (C=O) groups is 1. The number of benzene rings is 2. The number of piperidine rings is 1. The van der Waals surface area contributed by atoms with Crippen LogP contribution in [0, 0.1) is 10.8 Å². The maximum Gasteiger partial charge on any atom is 0.316 e. The molecule has 0 radical (unpaired) electrons. The second-order valence-electron chi connectivity index (χ2n) is 11.0. The van der Waals surface area contributed by atoms with E-state index < -0.39 is 0 Å². The molecule has 1 aromatic heterocycles. The van der Waals surface area contributed by atoms with Crippen LogP contribution >= 0.6 is 11.6 Å². The molecule has 2 saturated heterocycles. The molecule has 3 fully saturated rings. The lowest BCUT2D eigenvalue weighted by atomic mass is 9.77. The molecule has 7 nitrogen and oxygen atoms in total. The Kier molecular flexibility index (Phi) is 5.98. The number of nitrogens with zero attached hydrogens (tertiary/aromatic N) is 4. The first-order valence-electron chi connectivity index (χ1n) is 13.0. The standard InChI is InChI=1S/C29H31ClN4O3/c1-28(10-11-28)20-37-25-24(19-31-34(26(25)35)23-9-5-6-21(30)18-23)32-15-12-29(13-16-32)14-17-33(27(29)36)22-7-3-2-4-8-22/h2-9,18-19H,10-17,20H2,1H3. The highest BCUT2D eigenvalue weighted by Crippen LogP contribution is 2.46. The van der Waals surface area contributed by atoms with E-state index in [1.807, 2.05) is 35.2 Å². The van der Waals surface area contributed by atoms with E-state index in [1.165, 1.54) is 4.68 Å². The Morgan fingerprint density at radius 3 is 2.32 bits per heavy atom. The highest BCUT2D eigenvalue weighted by atomic mass is 35.5. The third kappa shape index (κ3) is 4.50. The van der Waals surface area contributed by atoms with Crippen molar-refractivity contribution in [1.29, 1.82) is 0 Å². The van der Waals surface area contributed by atoms with Gasteiger partial charge in [0.1, 0.15) is 5.69 Å². The van der Waals surface area contributed by atoms with Crippen molar-refractivity contribution in [2.45, 2.75) is 39.0 Å². The van der Waals surface area contributed by atoms with Crippen LogP contribution in [0.5, 0.6) is 5.75 Å². The predicted molar refractivity (Wildman–Crippen MR) is 145 cm³/mol. The molecule has 1 spiro atoms. The summed E-state index contributed by atoms with van der Waals surface area (Å²) in [5.74, 6) is 0.536. The summed E-state index contributed by atoms with van der Waals surface area (Å²) >= 11 is 6.18. The third-order valence-corrected chi connectivity index (χ3v) is 8.51. The smallest absolute Gasteiger partial charge is 0.316 e. The van der Waals surface area contributed by atoms with Gasteiger partial charge >= 0.3 is 5.56 Å². The van der Waals surface area contributed by atoms with Crippen molar-refractivity contribution in [2.75, 3.05) is 36.0 Å². The van der Waals surface area contributed by atoms with E-state index in [1.54, 1.807) is 30.5 Å². The molecule has 192 valence electrons. The molecule has 0 bridgehead atoms. The molecule has 0 N–H and O–H groups in total. The number of carbonyl (C=O) groups excluding carboxylic acids is 1. The summed E-state index contributed by atoms with van der Waals surface area (Å²) in [6.45, 7) is 4.76. The van der Waals surface area contributed by atoms with Gasteiger partial charge in [-0.25, -0.2) is 0 Å². The predicted octanol–water partition coefficient (Wildman–Crippen LogP) is 5.09. The summed E-state index contributed by atoms with van der Waals surface area (Å²) < 4.78 is 7.58. The van der Waals surface area contributed by atoms with Crippen molar-refractivity contribution in [2.24, 2.45) is 10.8 Å². The van der Waals surface area contributed by atoms with E-state index in [0.29, 0.717) is 41.8 Å². The number of halogens is 1. The lowest BCUT2D eigenvalue weighted by Crippen LogP contribution is -2.45. The molecule has 1 amide bonds. The normalized spacial score (nSPS) is 19.9. The Hall–Kier alpha value is -3.32. The molecule has 2 aliphatic heterocycles. The average Bonchev–Trinajstić information content (AvgIpc) is 3.57. The van der Waals surface area contributed by atoms with E-state index >= 15 is 0 Å². The van der Waals surface area contributed by atoms with Crippen molar-refractivity contribution >= 4 is 28.9 Å². The van der Waals surface area contributed by atoms with Gasteiger partial charge in [0.2, 0.25) is 11.7 Å². The van der Waals surface area contributed by atoms with Gasteiger partial charge in [-0.15, -0.1) is 0 Å². The molecule has 3 heterocycles. The van der Waals surface area contributed by atoms with Crippen molar-refractivity contribution < 1.29 is 9.53 Å². The Bertz CT molecular complexity index is 1380. The number of hydrogen-bond acceptors (Lipinski definition) is 5. The fourth-order valence-electron chi connectivity index (χ4n) is 5.50. The maximum absolute atomic E-state index is 13.6. The van der Waals surface area contributed by atoms with Gasteiger partial charge in [-0.3, -0.25) is 9.59 Å². The van der Waals surface area contributed by atoms with Crippen molar-refractivity contribution in [3.8, 4) is 11.4 Å². The van der Waals surface area contributed by atoms with Gasteiger partial charge in [0, 0.05) is 35.8 Å². The fraction of sp³-hybridized carbons (Fsp3) is 0.414. The van der Waals surface area contributed by atoms with Gasteiger partial charge in [-0.05, 0) is 62.4 Å². The van der Waals surface area contributed by atoms with Gasteiger partial charge < -0.3 is 14.5 Å².